The maximum absolute atomic E-state index is 13.2. The minimum absolute atomic E-state index is 0.133. The molecule has 1 saturated heterocycles. The lowest BCUT2D eigenvalue weighted by molar-refractivity contribution is -0.216. The minimum atomic E-state index is -1.44. The fourth-order valence-electron chi connectivity index (χ4n) is 7.77. The smallest absolute Gasteiger partial charge is 0.330 e. The van der Waals surface area contributed by atoms with Crippen LogP contribution >= 0.6 is 0 Å². The molecule has 0 amide bonds. The van der Waals surface area contributed by atoms with Crippen molar-refractivity contribution in [3.8, 4) is 17.2 Å². The topological polar surface area (TPSA) is 121 Å². The van der Waals surface area contributed by atoms with Crippen molar-refractivity contribution in [3.05, 3.63) is 158 Å². The number of ether oxygens (including phenoxy) is 5. The van der Waals surface area contributed by atoms with Crippen LogP contribution in [0.5, 0.6) is 17.2 Å². The molecule has 0 radical (unpaired) electrons. The van der Waals surface area contributed by atoms with E-state index < -0.39 is 46.8 Å². The highest BCUT2D eigenvalue weighted by Crippen LogP contribution is 2.57. The van der Waals surface area contributed by atoms with Gasteiger partial charge in [0, 0.05) is 23.6 Å². The van der Waals surface area contributed by atoms with Crippen LogP contribution in [-0.4, -0.2) is 53.3 Å². The number of fused-ring (bicyclic) bond motifs is 2. The summed E-state index contributed by atoms with van der Waals surface area (Å²) in [6.07, 6.45) is -1.18. The summed E-state index contributed by atoms with van der Waals surface area (Å²) in [6, 6.07) is 33.0. The first-order chi connectivity index (χ1) is 24.6. The van der Waals surface area contributed by atoms with Crippen molar-refractivity contribution in [1.29, 1.82) is 0 Å². The monoisotopic (exact) mass is 690 g/mol. The van der Waals surface area contributed by atoms with Crippen LogP contribution < -0.4 is 25.5 Å². The Morgan fingerprint density at radius 3 is 1.92 bits per heavy atom. The van der Waals surface area contributed by atoms with Crippen molar-refractivity contribution in [1.82, 2.24) is 9.55 Å². The van der Waals surface area contributed by atoms with Crippen molar-refractivity contribution in [3.63, 3.8) is 0 Å². The summed E-state index contributed by atoms with van der Waals surface area (Å²) in [4.78, 5) is 27.9. The lowest BCUT2D eigenvalue weighted by Gasteiger charge is -2.44. The van der Waals surface area contributed by atoms with Crippen molar-refractivity contribution < 1.29 is 28.8 Å². The van der Waals surface area contributed by atoms with E-state index in [0.717, 1.165) is 22.3 Å². The van der Waals surface area contributed by atoms with Gasteiger partial charge in [-0.1, -0.05) is 79.2 Å². The first-order valence-electron chi connectivity index (χ1n) is 17.0. The standard InChI is InChI=1S/C41H42N2O8/c1-25-11-17-33(18-12-25)50-36-27(3)34-35(44)40(36,51-38(34)43-23-26(2)37(45)42-39(43)46)24-49-41(28-9-7-6-8-10-28,29-13-19-31(47-4)20-14-29)30-15-21-32(48-5)22-16-30/h6-23,27,34-36,38,44H,24H2,1-5H3,(H,42,45,46)/t27-,34-,35+,36+,38+,40-/m0/s1. The Labute approximate surface area is 296 Å². The van der Waals surface area contributed by atoms with Gasteiger partial charge < -0.3 is 28.8 Å². The quantitative estimate of drug-likeness (QED) is 0.174. The zero-order chi connectivity index (χ0) is 35.9. The Morgan fingerprint density at radius 1 is 0.804 bits per heavy atom. The van der Waals surface area contributed by atoms with Crippen molar-refractivity contribution in [2.24, 2.45) is 11.8 Å². The number of benzene rings is 4. The van der Waals surface area contributed by atoms with E-state index in [9.17, 15) is 14.7 Å². The summed E-state index contributed by atoms with van der Waals surface area (Å²) < 4.78 is 33.3. The van der Waals surface area contributed by atoms with Gasteiger partial charge in [0.05, 0.1) is 26.9 Å². The number of hydrogen-bond acceptors (Lipinski definition) is 8. The van der Waals surface area contributed by atoms with E-state index in [1.54, 1.807) is 21.1 Å². The fourth-order valence-corrected chi connectivity index (χ4v) is 7.77. The van der Waals surface area contributed by atoms with E-state index in [1.807, 2.05) is 117 Å². The number of aromatic nitrogens is 2. The average Bonchev–Trinajstić information content (AvgIpc) is 3.55. The predicted molar refractivity (Wildman–Crippen MR) is 191 cm³/mol. The first kappa shape index (κ1) is 34.3. The number of nitrogens with one attached hydrogen (secondary N) is 1. The number of aliphatic hydroxyl groups is 1. The molecule has 10 nitrogen and oxygen atoms in total. The number of aryl methyl sites for hydroxylation is 2. The molecule has 0 spiro atoms. The third-order valence-electron chi connectivity index (χ3n) is 10.5. The van der Waals surface area contributed by atoms with Crippen LogP contribution in [0.15, 0.2) is 119 Å². The van der Waals surface area contributed by atoms with E-state index >= 15 is 0 Å². The number of nitrogens with zero attached hydrogens (tertiary/aromatic N) is 1. The van der Waals surface area contributed by atoms with Crippen molar-refractivity contribution in [2.75, 3.05) is 20.8 Å². The van der Waals surface area contributed by atoms with E-state index in [-0.39, 0.29) is 12.5 Å². The molecular formula is C41H42N2O8. The molecule has 2 fully saturated rings. The summed E-state index contributed by atoms with van der Waals surface area (Å²) >= 11 is 0. The molecule has 1 aliphatic heterocycles. The molecule has 1 aromatic heterocycles. The van der Waals surface area contributed by atoms with Gasteiger partial charge in [-0.25, -0.2) is 4.79 Å². The third kappa shape index (κ3) is 5.83. The van der Waals surface area contributed by atoms with Crippen LogP contribution in [0.1, 0.15) is 41.0 Å². The van der Waals surface area contributed by atoms with Gasteiger partial charge >= 0.3 is 5.69 Å². The van der Waals surface area contributed by atoms with Gasteiger partial charge in [-0.3, -0.25) is 14.3 Å². The molecule has 2 aliphatic rings. The summed E-state index contributed by atoms with van der Waals surface area (Å²) in [5.41, 5.74) is 0.145. The van der Waals surface area contributed by atoms with Crippen LogP contribution in [0.3, 0.4) is 0 Å². The molecule has 0 unspecified atom stereocenters. The van der Waals surface area contributed by atoms with E-state index in [2.05, 4.69) is 4.98 Å². The Kier molecular flexibility index (Phi) is 9.09. The lowest BCUT2D eigenvalue weighted by Crippen LogP contribution is -2.56. The first-order valence-corrected chi connectivity index (χ1v) is 17.0. The zero-order valence-corrected chi connectivity index (χ0v) is 29.2. The molecule has 2 N–H and O–H groups in total. The Balaban J connectivity index is 1.39. The maximum atomic E-state index is 13.2. The highest BCUT2D eigenvalue weighted by Gasteiger charge is 2.71. The Morgan fingerprint density at radius 2 is 1.35 bits per heavy atom. The molecule has 264 valence electrons. The lowest BCUT2D eigenvalue weighted by atomic mass is 9.79. The zero-order valence-electron chi connectivity index (χ0n) is 29.2. The summed E-state index contributed by atoms with van der Waals surface area (Å²) in [5, 5.41) is 12.3. The van der Waals surface area contributed by atoms with Crippen molar-refractivity contribution in [2.45, 2.75) is 50.4 Å². The molecule has 1 aliphatic carbocycles. The second-order valence-corrected chi connectivity index (χ2v) is 13.5. The van der Waals surface area contributed by atoms with Crippen LogP contribution in [-0.2, 0) is 15.1 Å². The number of rotatable bonds is 11. The summed E-state index contributed by atoms with van der Waals surface area (Å²) in [7, 11) is 3.24. The van der Waals surface area contributed by atoms with Gasteiger partial charge in [0.1, 0.15) is 35.2 Å². The second-order valence-electron chi connectivity index (χ2n) is 13.5. The molecule has 10 heteroatoms. The molecule has 4 aromatic carbocycles. The van der Waals surface area contributed by atoms with Crippen molar-refractivity contribution >= 4 is 0 Å². The van der Waals surface area contributed by atoms with Crippen LogP contribution in [0.2, 0.25) is 0 Å². The van der Waals surface area contributed by atoms with E-state index in [4.69, 9.17) is 23.7 Å². The normalized spacial score (nSPS) is 24.0. The molecule has 7 rings (SSSR count). The highest BCUT2D eigenvalue weighted by molar-refractivity contribution is 5.50. The number of methoxy groups -OCH3 is 2. The molecule has 51 heavy (non-hydrogen) atoms. The summed E-state index contributed by atoms with van der Waals surface area (Å²) in [5.74, 6) is 1.13. The largest absolute Gasteiger partial charge is 0.497 e. The van der Waals surface area contributed by atoms with Gasteiger partial charge in [0.15, 0.2) is 5.60 Å². The molecule has 6 atom stereocenters. The average molecular weight is 691 g/mol. The van der Waals surface area contributed by atoms with Gasteiger partial charge in [-0.2, -0.15) is 0 Å². The minimum Gasteiger partial charge on any atom is -0.497 e. The number of aromatic amines is 1. The third-order valence-corrected chi connectivity index (χ3v) is 10.5. The number of H-pyrrole nitrogens is 1. The Bertz CT molecular complexity index is 2050. The van der Waals surface area contributed by atoms with Gasteiger partial charge in [0.2, 0.25) is 0 Å². The van der Waals surface area contributed by atoms with E-state index in [0.29, 0.717) is 22.8 Å². The van der Waals surface area contributed by atoms with Gasteiger partial charge in [-0.15, -0.1) is 0 Å². The van der Waals surface area contributed by atoms with Gasteiger partial charge in [0.25, 0.3) is 5.56 Å². The summed E-state index contributed by atoms with van der Waals surface area (Å²) in [6.45, 7) is 5.49. The molecule has 1 saturated carbocycles. The molecular weight excluding hydrogens is 648 g/mol. The number of hydrogen-bond donors (Lipinski definition) is 2. The van der Waals surface area contributed by atoms with Crippen LogP contribution in [0.4, 0.5) is 0 Å². The predicted octanol–water partition coefficient (Wildman–Crippen LogP) is 5.52. The van der Waals surface area contributed by atoms with Gasteiger partial charge in [-0.05, 0) is 66.9 Å². The van der Waals surface area contributed by atoms with Crippen LogP contribution in [0, 0.1) is 25.7 Å². The molecule has 5 aromatic rings. The molecule has 2 bridgehead atoms. The Hall–Kier alpha value is -5.16. The maximum Gasteiger partial charge on any atom is 0.330 e. The molecule has 2 heterocycles. The van der Waals surface area contributed by atoms with Crippen LogP contribution in [0.25, 0.3) is 0 Å². The second kappa shape index (κ2) is 13.5. The van der Waals surface area contributed by atoms with E-state index in [1.165, 1.54) is 10.8 Å². The highest BCUT2D eigenvalue weighted by atomic mass is 16.6. The number of aliphatic hydroxyl groups excluding tert-OH is 1. The fraction of sp³-hybridized carbons (Fsp3) is 0.317. The SMILES string of the molecule is COc1ccc(C(OC[C@@]23O[C@@H](n4cc(C)c(=O)[nH]c4=O)[C@@H]([C@H](C)[C@H]2Oc2ccc(C)cc2)[C@H]3O)(c2ccccc2)c2ccc(OC)cc2)cc1.